The summed E-state index contributed by atoms with van der Waals surface area (Å²) in [6.45, 7) is 5.54. The SMILES string of the molecule is CCOC(=O)N1CCN(Cc2c(-c3ccc([N+](=O)[O-])cc3)nc3ccccn23)CC1. The Bertz CT molecular complexity index is 1050. The lowest BCUT2D eigenvalue weighted by Gasteiger charge is -2.34. The number of imidazole rings is 1. The third kappa shape index (κ3) is 3.97. The Morgan fingerprint density at radius 3 is 2.53 bits per heavy atom. The van der Waals surface area contributed by atoms with Crippen molar-refractivity contribution in [3.05, 3.63) is 64.5 Å². The summed E-state index contributed by atoms with van der Waals surface area (Å²) in [7, 11) is 0. The van der Waals surface area contributed by atoms with E-state index in [4.69, 9.17) is 9.72 Å². The van der Waals surface area contributed by atoms with E-state index in [2.05, 4.69) is 9.30 Å². The highest BCUT2D eigenvalue weighted by atomic mass is 16.6. The van der Waals surface area contributed by atoms with Gasteiger partial charge in [-0.3, -0.25) is 15.0 Å². The van der Waals surface area contributed by atoms with Crippen molar-refractivity contribution < 1.29 is 14.5 Å². The number of rotatable bonds is 5. The predicted molar refractivity (Wildman–Crippen MR) is 111 cm³/mol. The van der Waals surface area contributed by atoms with Crippen LogP contribution in [0.1, 0.15) is 12.6 Å². The molecule has 156 valence electrons. The Hall–Kier alpha value is -3.46. The van der Waals surface area contributed by atoms with Gasteiger partial charge in [-0.15, -0.1) is 0 Å². The van der Waals surface area contributed by atoms with E-state index in [0.29, 0.717) is 26.2 Å². The van der Waals surface area contributed by atoms with Gasteiger partial charge >= 0.3 is 6.09 Å². The van der Waals surface area contributed by atoms with Crippen LogP contribution < -0.4 is 0 Å². The first kappa shape index (κ1) is 19.8. The smallest absolute Gasteiger partial charge is 0.409 e. The average molecular weight is 409 g/mol. The van der Waals surface area contributed by atoms with Gasteiger partial charge in [-0.05, 0) is 31.2 Å². The number of aromatic nitrogens is 2. The number of nitro groups is 1. The zero-order valence-corrected chi connectivity index (χ0v) is 16.7. The van der Waals surface area contributed by atoms with Crippen molar-refractivity contribution in [2.45, 2.75) is 13.5 Å². The van der Waals surface area contributed by atoms with E-state index in [1.165, 1.54) is 12.1 Å². The number of piperazine rings is 1. The quantitative estimate of drug-likeness (QED) is 0.475. The van der Waals surface area contributed by atoms with Crippen LogP contribution in [0, 0.1) is 10.1 Å². The van der Waals surface area contributed by atoms with Crippen molar-refractivity contribution in [3.8, 4) is 11.3 Å². The van der Waals surface area contributed by atoms with E-state index in [1.807, 2.05) is 24.4 Å². The summed E-state index contributed by atoms with van der Waals surface area (Å²) in [5.74, 6) is 0. The minimum atomic E-state index is -0.405. The summed E-state index contributed by atoms with van der Waals surface area (Å²) in [5.41, 5.74) is 3.54. The number of carbonyl (C=O) groups is 1. The van der Waals surface area contributed by atoms with Crippen LogP contribution in [0.5, 0.6) is 0 Å². The second kappa shape index (κ2) is 8.50. The second-order valence-electron chi connectivity index (χ2n) is 7.10. The highest BCUT2D eigenvalue weighted by Gasteiger charge is 2.24. The van der Waals surface area contributed by atoms with E-state index < -0.39 is 4.92 Å². The predicted octanol–water partition coefficient (Wildman–Crippen LogP) is 3.18. The molecule has 0 bridgehead atoms. The molecule has 3 aromatic rings. The summed E-state index contributed by atoms with van der Waals surface area (Å²) in [6, 6.07) is 12.3. The molecule has 30 heavy (non-hydrogen) atoms. The first-order chi connectivity index (χ1) is 14.6. The van der Waals surface area contributed by atoms with Gasteiger partial charge in [-0.25, -0.2) is 9.78 Å². The molecule has 0 radical (unpaired) electrons. The van der Waals surface area contributed by atoms with Gasteiger partial charge in [0.1, 0.15) is 5.65 Å². The number of fused-ring (bicyclic) bond motifs is 1. The lowest BCUT2D eigenvalue weighted by Crippen LogP contribution is -2.48. The standard InChI is InChI=1S/C21H23N5O4/c1-2-30-21(27)24-13-11-23(12-14-24)15-18-20(22-19-5-3-4-10-25(18)19)16-6-8-17(9-7-16)26(28)29/h3-10H,2,11-15H2,1H3. The third-order valence-electron chi connectivity index (χ3n) is 5.25. The van der Waals surface area contributed by atoms with Crippen LogP contribution in [0.15, 0.2) is 48.7 Å². The maximum atomic E-state index is 11.9. The summed E-state index contributed by atoms with van der Waals surface area (Å²) < 4.78 is 7.14. The fourth-order valence-electron chi connectivity index (χ4n) is 3.68. The summed E-state index contributed by atoms with van der Waals surface area (Å²) in [5, 5.41) is 11.0. The molecule has 0 spiro atoms. The Morgan fingerprint density at radius 2 is 1.87 bits per heavy atom. The maximum absolute atomic E-state index is 11.9. The van der Waals surface area contributed by atoms with Crippen LogP contribution >= 0.6 is 0 Å². The molecule has 1 saturated heterocycles. The molecule has 1 aliphatic heterocycles. The normalized spacial score (nSPS) is 14.8. The summed E-state index contributed by atoms with van der Waals surface area (Å²) in [6.07, 6.45) is 1.71. The van der Waals surface area contributed by atoms with Crippen molar-refractivity contribution in [1.82, 2.24) is 19.2 Å². The fourth-order valence-corrected chi connectivity index (χ4v) is 3.68. The number of benzene rings is 1. The van der Waals surface area contributed by atoms with Crippen LogP contribution in [0.25, 0.3) is 16.9 Å². The Labute approximate surface area is 173 Å². The van der Waals surface area contributed by atoms with Crippen LogP contribution in [0.2, 0.25) is 0 Å². The lowest BCUT2D eigenvalue weighted by atomic mass is 10.1. The first-order valence-corrected chi connectivity index (χ1v) is 9.91. The highest BCUT2D eigenvalue weighted by molar-refractivity contribution is 5.68. The van der Waals surface area contributed by atoms with Crippen LogP contribution in [0.4, 0.5) is 10.5 Å². The van der Waals surface area contributed by atoms with Crippen LogP contribution in [-0.4, -0.2) is 63.0 Å². The molecule has 0 aliphatic carbocycles. The molecule has 4 rings (SSSR count). The van der Waals surface area contributed by atoms with Crippen molar-refractivity contribution in [1.29, 1.82) is 0 Å². The minimum absolute atomic E-state index is 0.0548. The lowest BCUT2D eigenvalue weighted by molar-refractivity contribution is -0.384. The molecule has 1 fully saturated rings. The molecular formula is C21H23N5O4. The van der Waals surface area contributed by atoms with Crippen LogP contribution in [-0.2, 0) is 11.3 Å². The van der Waals surface area contributed by atoms with E-state index in [-0.39, 0.29) is 11.8 Å². The van der Waals surface area contributed by atoms with Crippen molar-refractivity contribution >= 4 is 17.4 Å². The third-order valence-corrected chi connectivity index (χ3v) is 5.25. The summed E-state index contributed by atoms with van der Waals surface area (Å²) in [4.78, 5) is 31.3. The summed E-state index contributed by atoms with van der Waals surface area (Å²) >= 11 is 0. The number of hydrogen-bond donors (Lipinski definition) is 0. The number of nitro benzene ring substituents is 1. The fraction of sp³-hybridized carbons (Fsp3) is 0.333. The number of pyridine rings is 1. The van der Waals surface area contributed by atoms with E-state index in [1.54, 1.807) is 24.0 Å². The highest BCUT2D eigenvalue weighted by Crippen LogP contribution is 2.27. The zero-order valence-electron chi connectivity index (χ0n) is 16.7. The van der Waals surface area contributed by atoms with E-state index >= 15 is 0 Å². The molecular weight excluding hydrogens is 386 g/mol. The average Bonchev–Trinajstić information content (AvgIpc) is 3.13. The molecule has 1 aliphatic rings. The molecule has 0 saturated carbocycles. The molecule has 2 aromatic heterocycles. The monoisotopic (exact) mass is 409 g/mol. The number of hydrogen-bond acceptors (Lipinski definition) is 6. The number of amides is 1. The maximum Gasteiger partial charge on any atom is 0.409 e. The van der Waals surface area contributed by atoms with E-state index in [0.717, 1.165) is 35.7 Å². The molecule has 1 aromatic carbocycles. The van der Waals surface area contributed by atoms with Gasteiger partial charge in [-0.1, -0.05) is 6.07 Å². The first-order valence-electron chi connectivity index (χ1n) is 9.91. The van der Waals surface area contributed by atoms with Crippen molar-refractivity contribution in [2.24, 2.45) is 0 Å². The van der Waals surface area contributed by atoms with Gasteiger partial charge in [0.05, 0.1) is 22.9 Å². The number of nitrogens with zero attached hydrogens (tertiary/aromatic N) is 5. The minimum Gasteiger partial charge on any atom is -0.450 e. The van der Waals surface area contributed by atoms with Gasteiger partial charge in [0.25, 0.3) is 5.69 Å². The van der Waals surface area contributed by atoms with Gasteiger partial charge in [0.15, 0.2) is 0 Å². The molecule has 0 atom stereocenters. The second-order valence-corrected chi connectivity index (χ2v) is 7.10. The van der Waals surface area contributed by atoms with Gasteiger partial charge in [-0.2, -0.15) is 0 Å². The van der Waals surface area contributed by atoms with Gasteiger partial charge in [0.2, 0.25) is 0 Å². The zero-order chi connectivity index (χ0) is 21.1. The Kier molecular flexibility index (Phi) is 5.62. The molecule has 1 amide bonds. The topological polar surface area (TPSA) is 93.2 Å². The van der Waals surface area contributed by atoms with E-state index in [9.17, 15) is 14.9 Å². The number of ether oxygens (including phenoxy) is 1. The van der Waals surface area contributed by atoms with Crippen molar-refractivity contribution in [2.75, 3.05) is 32.8 Å². The number of non-ortho nitro benzene ring substituents is 1. The molecule has 3 heterocycles. The molecule has 0 N–H and O–H groups in total. The molecule has 0 unspecified atom stereocenters. The largest absolute Gasteiger partial charge is 0.450 e. The number of carbonyl (C=O) groups excluding carboxylic acids is 1. The molecule has 9 heteroatoms. The van der Waals surface area contributed by atoms with Gasteiger partial charge < -0.3 is 14.0 Å². The Morgan fingerprint density at radius 1 is 1.13 bits per heavy atom. The Balaban J connectivity index is 1.58. The molecule has 9 nitrogen and oxygen atoms in total. The van der Waals surface area contributed by atoms with Crippen molar-refractivity contribution in [3.63, 3.8) is 0 Å². The van der Waals surface area contributed by atoms with Gasteiger partial charge in [0, 0.05) is 56.6 Å². The van der Waals surface area contributed by atoms with Crippen LogP contribution in [0.3, 0.4) is 0 Å².